The van der Waals surface area contributed by atoms with E-state index in [0.717, 1.165) is 23.2 Å². The summed E-state index contributed by atoms with van der Waals surface area (Å²) < 4.78 is 6.58. The van der Waals surface area contributed by atoms with Gasteiger partial charge < -0.3 is 19.8 Å². The van der Waals surface area contributed by atoms with Crippen LogP contribution in [0.2, 0.25) is 0 Å². The van der Waals surface area contributed by atoms with Crippen LogP contribution in [0.4, 0.5) is 5.69 Å². The Kier molecular flexibility index (Phi) is 5.77. The molecule has 192 valence electrons. The van der Waals surface area contributed by atoms with Crippen molar-refractivity contribution >= 4 is 29.0 Å². The van der Waals surface area contributed by atoms with Crippen molar-refractivity contribution in [2.75, 3.05) is 20.1 Å². The maximum Gasteiger partial charge on any atom is 0.227 e. The van der Waals surface area contributed by atoms with Crippen LogP contribution in [-0.4, -0.2) is 75.0 Å². The van der Waals surface area contributed by atoms with Crippen molar-refractivity contribution < 1.29 is 19.7 Å². The van der Waals surface area contributed by atoms with Gasteiger partial charge in [0, 0.05) is 25.2 Å². The fraction of sp³-hybridized carbons (Fsp3) is 0.448. The first-order chi connectivity index (χ1) is 17.8. The minimum Gasteiger partial charge on any atom is -0.504 e. The molecule has 2 aliphatic carbocycles. The summed E-state index contributed by atoms with van der Waals surface area (Å²) in [6.45, 7) is 5.44. The number of isothiocyanates is 1. The Balaban J connectivity index is 1.37. The molecule has 7 nitrogen and oxygen atoms in total. The molecule has 1 saturated heterocycles. The van der Waals surface area contributed by atoms with Crippen molar-refractivity contribution in [2.45, 2.75) is 61.3 Å². The van der Waals surface area contributed by atoms with Crippen molar-refractivity contribution in [3.05, 3.63) is 65.7 Å². The van der Waals surface area contributed by atoms with Gasteiger partial charge >= 0.3 is 0 Å². The molecule has 1 spiro atoms. The Hall–Kier alpha value is -3.03. The van der Waals surface area contributed by atoms with Crippen molar-refractivity contribution in [2.24, 2.45) is 4.99 Å². The van der Waals surface area contributed by atoms with Gasteiger partial charge in [-0.15, -0.1) is 6.58 Å². The molecule has 1 saturated carbocycles. The van der Waals surface area contributed by atoms with Gasteiger partial charge in [-0.05, 0) is 73.8 Å². The number of thiocarbonyl (C=S) groups is 1. The molecule has 0 radical (unpaired) electrons. The standard InChI is InChI=1S/C29H31N3O4S/c1-3-12-32-13-11-28-25-19-7-8-22(33)26(25)36-27(28)21(9-10-29(28,35)23(32)16-19)31(2)24(34)15-18-5-4-6-20(14-18)30-17-37/h3-8,14,21,23,27,33,35H,1,9-13,15-16H2,2H3/t21-,23-,27+,28+,29-/m1/s1. The highest BCUT2D eigenvalue weighted by Crippen LogP contribution is 2.65. The number of nitrogens with zero attached hydrogens (tertiary/aromatic N) is 3. The molecule has 2 aromatic rings. The number of amides is 1. The third-order valence-electron chi connectivity index (χ3n) is 9.24. The highest BCUT2D eigenvalue weighted by atomic mass is 32.1. The number of benzene rings is 2. The van der Waals surface area contributed by atoms with E-state index in [-0.39, 0.29) is 30.2 Å². The maximum absolute atomic E-state index is 13.5. The highest BCUT2D eigenvalue weighted by molar-refractivity contribution is 7.78. The largest absolute Gasteiger partial charge is 0.504 e. The van der Waals surface area contributed by atoms with E-state index in [0.29, 0.717) is 43.7 Å². The number of carbonyl (C=O) groups excluding carboxylic acids is 1. The molecule has 5 atom stereocenters. The number of phenolic OH excluding ortho intramolecular Hbond substituents is 1. The van der Waals surface area contributed by atoms with Crippen LogP contribution in [0.15, 0.2) is 54.0 Å². The van der Waals surface area contributed by atoms with Crippen LogP contribution in [0, 0.1) is 0 Å². The lowest BCUT2D eigenvalue weighted by Gasteiger charge is -2.64. The molecule has 0 aromatic heterocycles. The number of likely N-dealkylation sites (N-methyl/N-ethyl adjacent to an activating group) is 1. The quantitative estimate of drug-likeness (QED) is 0.346. The second kappa shape index (κ2) is 8.77. The lowest BCUT2D eigenvalue weighted by Crippen LogP contribution is -2.78. The van der Waals surface area contributed by atoms with Gasteiger partial charge in [0.2, 0.25) is 5.91 Å². The Morgan fingerprint density at radius 3 is 3.00 bits per heavy atom. The number of hydrogen-bond acceptors (Lipinski definition) is 7. The Labute approximate surface area is 222 Å². The molecule has 2 aliphatic heterocycles. The van der Waals surface area contributed by atoms with Crippen LogP contribution in [0.1, 0.15) is 36.0 Å². The first kappa shape index (κ1) is 24.3. The van der Waals surface area contributed by atoms with Crippen LogP contribution < -0.4 is 4.74 Å². The molecule has 4 aliphatic rings. The Morgan fingerprint density at radius 1 is 1.38 bits per heavy atom. The topological polar surface area (TPSA) is 85.6 Å². The third-order valence-corrected chi connectivity index (χ3v) is 9.33. The number of ether oxygens (including phenoxy) is 1. The first-order valence-electron chi connectivity index (χ1n) is 12.9. The van der Waals surface area contributed by atoms with E-state index in [1.807, 2.05) is 43.5 Å². The number of rotatable bonds is 6. The van der Waals surface area contributed by atoms with Gasteiger partial charge in [-0.25, -0.2) is 0 Å². The fourth-order valence-corrected chi connectivity index (χ4v) is 7.76. The van der Waals surface area contributed by atoms with Gasteiger partial charge in [-0.1, -0.05) is 24.3 Å². The molecule has 2 N–H and O–H groups in total. The zero-order chi connectivity index (χ0) is 25.9. The fourth-order valence-electron chi connectivity index (χ4n) is 7.66. The third kappa shape index (κ3) is 3.36. The second-order valence-electron chi connectivity index (χ2n) is 10.8. The average molecular weight is 518 g/mol. The van der Waals surface area contributed by atoms with Crippen LogP contribution in [0.3, 0.4) is 0 Å². The van der Waals surface area contributed by atoms with E-state index >= 15 is 0 Å². The molecule has 8 heteroatoms. The number of carbonyl (C=O) groups is 1. The van der Waals surface area contributed by atoms with Crippen molar-refractivity contribution in [3.8, 4) is 11.5 Å². The lowest BCUT2D eigenvalue weighted by molar-refractivity contribution is -0.198. The van der Waals surface area contributed by atoms with Crippen LogP contribution in [0.25, 0.3) is 0 Å². The number of phenols is 1. The van der Waals surface area contributed by atoms with E-state index in [2.05, 4.69) is 21.6 Å². The highest BCUT2D eigenvalue weighted by Gasteiger charge is 2.73. The number of aliphatic imine (C=N–C) groups is 1. The summed E-state index contributed by atoms with van der Waals surface area (Å²) in [6.07, 6.45) is 4.23. The Morgan fingerprint density at radius 2 is 2.22 bits per heavy atom. The molecule has 2 bridgehead atoms. The van der Waals surface area contributed by atoms with E-state index in [1.165, 1.54) is 0 Å². The van der Waals surface area contributed by atoms with Gasteiger partial charge in [-0.2, -0.15) is 4.99 Å². The summed E-state index contributed by atoms with van der Waals surface area (Å²) in [5, 5.41) is 25.7. The van der Waals surface area contributed by atoms with E-state index in [9.17, 15) is 15.0 Å². The summed E-state index contributed by atoms with van der Waals surface area (Å²) in [4.78, 5) is 21.7. The zero-order valence-electron chi connectivity index (χ0n) is 20.9. The van der Waals surface area contributed by atoms with Crippen molar-refractivity contribution in [1.29, 1.82) is 0 Å². The molecule has 1 amide bonds. The summed E-state index contributed by atoms with van der Waals surface area (Å²) >= 11 is 4.71. The summed E-state index contributed by atoms with van der Waals surface area (Å²) in [6, 6.07) is 10.8. The molecule has 2 aromatic carbocycles. The van der Waals surface area contributed by atoms with Crippen molar-refractivity contribution in [3.63, 3.8) is 0 Å². The lowest BCUT2D eigenvalue weighted by atomic mass is 9.48. The van der Waals surface area contributed by atoms with Crippen molar-refractivity contribution in [1.82, 2.24) is 9.80 Å². The second-order valence-corrected chi connectivity index (χ2v) is 11.0. The Bertz CT molecular complexity index is 1340. The predicted molar refractivity (Wildman–Crippen MR) is 144 cm³/mol. The monoisotopic (exact) mass is 517 g/mol. The predicted octanol–water partition coefficient (Wildman–Crippen LogP) is 3.54. The van der Waals surface area contributed by atoms with E-state index in [1.54, 1.807) is 11.0 Å². The average Bonchev–Trinajstić information content (AvgIpc) is 3.23. The van der Waals surface area contributed by atoms with Crippen LogP contribution >= 0.6 is 12.2 Å². The van der Waals surface area contributed by atoms with Crippen LogP contribution in [0.5, 0.6) is 11.5 Å². The summed E-state index contributed by atoms with van der Waals surface area (Å²) in [5.41, 5.74) is 1.89. The van der Waals surface area contributed by atoms with Gasteiger partial charge in [-0.3, -0.25) is 9.69 Å². The number of hydrogen-bond donors (Lipinski definition) is 2. The first-order valence-corrected chi connectivity index (χ1v) is 13.3. The number of likely N-dealkylation sites (tertiary alicyclic amines) is 1. The molecular weight excluding hydrogens is 486 g/mol. The van der Waals surface area contributed by atoms with Crippen LogP contribution in [-0.2, 0) is 23.1 Å². The minimum absolute atomic E-state index is 0.0317. The van der Waals surface area contributed by atoms with Gasteiger partial charge in [0.25, 0.3) is 0 Å². The SMILES string of the molecule is C=CCN1CC[C@]23c4c5ccc(O)c4O[C@H]2[C@H](N(C)C(=O)Cc2cccc(N=C=S)c2)CC[C@@]3(O)[C@H]1C5. The maximum atomic E-state index is 13.5. The molecule has 6 rings (SSSR count). The molecule has 2 fully saturated rings. The molecule has 0 unspecified atom stereocenters. The van der Waals surface area contributed by atoms with E-state index < -0.39 is 17.1 Å². The zero-order valence-corrected chi connectivity index (χ0v) is 21.7. The number of piperidine rings is 1. The molecule has 37 heavy (non-hydrogen) atoms. The summed E-state index contributed by atoms with van der Waals surface area (Å²) in [5.74, 6) is 0.547. The van der Waals surface area contributed by atoms with Gasteiger partial charge in [0.05, 0.1) is 34.3 Å². The van der Waals surface area contributed by atoms with Gasteiger partial charge in [0.15, 0.2) is 11.5 Å². The van der Waals surface area contributed by atoms with E-state index in [4.69, 9.17) is 17.0 Å². The normalized spacial score (nSPS) is 31.0. The summed E-state index contributed by atoms with van der Waals surface area (Å²) in [7, 11) is 1.83. The van der Waals surface area contributed by atoms with Gasteiger partial charge in [0.1, 0.15) is 6.10 Å². The number of aromatic hydroxyl groups is 1. The minimum atomic E-state index is -1.02. The molecule has 2 heterocycles. The number of aliphatic hydroxyl groups is 1. The smallest absolute Gasteiger partial charge is 0.227 e. The molecular formula is C29H31N3O4S.